The number of benzene rings is 2. The second kappa shape index (κ2) is 9.14. The Morgan fingerprint density at radius 3 is 2.67 bits per heavy atom. The van der Waals surface area contributed by atoms with Gasteiger partial charge in [0.25, 0.3) is 0 Å². The van der Waals surface area contributed by atoms with Gasteiger partial charge in [0.1, 0.15) is 11.5 Å². The molecule has 27 heavy (non-hydrogen) atoms. The molecule has 7 heteroatoms. The minimum atomic E-state index is -0.123. The Labute approximate surface area is 162 Å². The van der Waals surface area contributed by atoms with E-state index in [4.69, 9.17) is 9.47 Å². The second-order valence-corrected chi connectivity index (χ2v) is 6.46. The summed E-state index contributed by atoms with van der Waals surface area (Å²) in [6.07, 6.45) is 3.56. The molecule has 0 spiro atoms. The normalized spacial score (nSPS) is 10.4. The Hall–Kier alpha value is -2.93. The first-order valence-electron chi connectivity index (χ1n) is 8.54. The van der Waals surface area contributed by atoms with Gasteiger partial charge in [0.05, 0.1) is 30.8 Å². The molecule has 0 saturated carbocycles. The molecule has 0 radical (unpaired) electrons. The number of thioether (sulfide) groups is 1. The van der Waals surface area contributed by atoms with Crippen molar-refractivity contribution < 1.29 is 14.3 Å². The van der Waals surface area contributed by atoms with E-state index in [1.165, 1.54) is 11.8 Å². The molecule has 0 atom stereocenters. The van der Waals surface area contributed by atoms with Crippen LogP contribution in [0.15, 0.2) is 66.1 Å². The van der Waals surface area contributed by atoms with Crippen molar-refractivity contribution in [2.24, 2.45) is 0 Å². The van der Waals surface area contributed by atoms with Crippen molar-refractivity contribution in [3.8, 4) is 17.2 Å². The molecule has 1 N–H and O–H groups in total. The number of hydrogen-bond donors (Lipinski definition) is 1. The summed E-state index contributed by atoms with van der Waals surface area (Å²) in [5.74, 6) is 1.51. The van der Waals surface area contributed by atoms with Crippen molar-refractivity contribution in [1.29, 1.82) is 0 Å². The highest BCUT2D eigenvalue weighted by Crippen LogP contribution is 2.28. The van der Waals surface area contributed by atoms with E-state index >= 15 is 0 Å². The molecule has 3 rings (SSSR count). The summed E-state index contributed by atoms with van der Waals surface area (Å²) in [6.45, 7) is 2.45. The highest BCUT2D eigenvalue weighted by atomic mass is 32.2. The zero-order chi connectivity index (χ0) is 19.1. The molecule has 0 bridgehead atoms. The number of carbonyl (C=O) groups excluding carboxylic acids is 1. The molecule has 1 aromatic heterocycles. The van der Waals surface area contributed by atoms with Gasteiger partial charge in [-0.3, -0.25) is 9.36 Å². The fraction of sp³-hybridized carbons (Fsp3) is 0.200. The third-order valence-electron chi connectivity index (χ3n) is 3.74. The second-order valence-electron chi connectivity index (χ2n) is 5.52. The van der Waals surface area contributed by atoms with Crippen LogP contribution < -0.4 is 14.8 Å². The molecule has 0 fully saturated rings. The van der Waals surface area contributed by atoms with E-state index in [1.807, 2.05) is 66.2 Å². The smallest absolute Gasteiger partial charge is 0.234 e. The van der Waals surface area contributed by atoms with E-state index in [0.29, 0.717) is 23.2 Å². The van der Waals surface area contributed by atoms with Gasteiger partial charge >= 0.3 is 0 Å². The SMILES string of the molecule is CCOc1ccccc1NC(=O)CSc1nccn1-c1ccccc1OC. The van der Waals surface area contributed by atoms with E-state index in [9.17, 15) is 4.79 Å². The van der Waals surface area contributed by atoms with E-state index in [-0.39, 0.29) is 11.7 Å². The maximum absolute atomic E-state index is 12.4. The fourth-order valence-electron chi connectivity index (χ4n) is 2.58. The number of anilines is 1. The van der Waals surface area contributed by atoms with Crippen LogP contribution in [0, 0.1) is 0 Å². The van der Waals surface area contributed by atoms with E-state index in [1.54, 1.807) is 13.3 Å². The van der Waals surface area contributed by atoms with Gasteiger partial charge in [-0.05, 0) is 31.2 Å². The van der Waals surface area contributed by atoms with Crippen LogP contribution >= 0.6 is 11.8 Å². The van der Waals surface area contributed by atoms with Crippen LogP contribution in [0.4, 0.5) is 5.69 Å². The Morgan fingerprint density at radius 1 is 1.15 bits per heavy atom. The number of amides is 1. The summed E-state index contributed by atoms with van der Waals surface area (Å²) >= 11 is 1.36. The number of methoxy groups -OCH3 is 1. The standard InChI is InChI=1S/C20H21N3O3S/c1-3-26-17-10-6-4-8-15(17)22-19(24)14-27-20-21-12-13-23(20)16-9-5-7-11-18(16)25-2/h4-13H,3,14H2,1-2H3,(H,22,24). The number of imidazole rings is 1. The predicted molar refractivity (Wildman–Crippen MR) is 107 cm³/mol. The zero-order valence-corrected chi connectivity index (χ0v) is 16.0. The van der Waals surface area contributed by atoms with E-state index in [0.717, 1.165) is 11.4 Å². The first-order chi connectivity index (χ1) is 13.2. The van der Waals surface area contributed by atoms with Crippen molar-refractivity contribution in [3.05, 3.63) is 60.9 Å². The Morgan fingerprint density at radius 2 is 1.89 bits per heavy atom. The number of carbonyl (C=O) groups is 1. The van der Waals surface area contributed by atoms with Crippen LogP contribution in [-0.2, 0) is 4.79 Å². The van der Waals surface area contributed by atoms with Crippen molar-refractivity contribution >= 4 is 23.4 Å². The quantitative estimate of drug-likeness (QED) is 0.596. The van der Waals surface area contributed by atoms with E-state index in [2.05, 4.69) is 10.3 Å². The maximum atomic E-state index is 12.4. The molecular weight excluding hydrogens is 362 g/mol. The van der Waals surface area contributed by atoms with Gasteiger partial charge in [0.15, 0.2) is 5.16 Å². The molecule has 0 saturated heterocycles. The average molecular weight is 383 g/mol. The van der Waals surface area contributed by atoms with Crippen molar-refractivity contribution in [2.75, 3.05) is 24.8 Å². The Bertz CT molecular complexity index is 911. The summed E-state index contributed by atoms with van der Waals surface area (Å²) in [5, 5.41) is 3.61. The number of para-hydroxylation sites is 4. The lowest BCUT2D eigenvalue weighted by atomic mass is 10.3. The summed E-state index contributed by atoms with van der Waals surface area (Å²) in [6, 6.07) is 15.1. The average Bonchev–Trinajstić information content (AvgIpc) is 3.16. The lowest BCUT2D eigenvalue weighted by molar-refractivity contribution is -0.113. The molecule has 0 unspecified atom stereocenters. The monoisotopic (exact) mass is 383 g/mol. The van der Waals surface area contributed by atoms with Crippen molar-refractivity contribution in [2.45, 2.75) is 12.1 Å². The van der Waals surface area contributed by atoms with Gasteiger partial charge in [0.2, 0.25) is 5.91 Å². The number of aromatic nitrogens is 2. The van der Waals surface area contributed by atoms with Crippen LogP contribution in [0.2, 0.25) is 0 Å². The summed E-state index contributed by atoms with van der Waals surface area (Å²) in [5.41, 5.74) is 1.54. The summed E-state index contributed by atoms with van der Waals surface area (Å²) < 4.78 is 12.9. The summed E-state index contributed by atoms with van der Waals surface area (Å²) in [4.78, 5) is 16.7. The summed E-state index contributed by atoms with van der Waals surface area (Å²) in [7, 11) is 1.63. The third-order valence-corrected chi connectivity index (χ3v) is 4.71. The molecule has 2 aromatic carbocycles. The minimum absolute atomic E-state index is 0.123. The number of nitrogens with one attached hydrogen (secondary N) is 1. The number of rotatable bonds is 8. The van der Waals surface area contributed by atoms with Crippen LogP contribution in [0.3, 0.4) is 0 Å². The molecule has 0 aliphatic heterocycles. The van der Waals surface area contributed by atoms with Gasteiger partial charge in [-0.25, -0.2) is 4.98 Å². The highest BCUT2D eigenvalue weighted by Gasteiger charge is 2.13. The van der Waals surface area contributed by atoms with Gasteiger partial charge in [-0.2, -0.15) is 0 Å². The van der Waals surface area contributed by atoms with Gasteiger partial charge < -0.3 is 14.8 Å². The zero-order valence-electron chi connectivity index (χ0n) is 15.2. The topological polar surface area (TPSA) is 65.4 Å². The third kappa shape index (κ3) is 4.62. The number of ether oxygens (including phenoxy) is 2. The molecule has 0 aliphatic carbocycles. The molecule has 140 valence electrons. The Balaban J connectivity index is 1.68. The first-order valence-corrected chi connectivity index (χ1v) is 9.52. The van der Waals surface area contributed by atoms with Gasteiger partial charge in [-0.1, -0.05) is 36.0 Å². The molecule has 3 aromatic rings. The van der Waals surface area contributed by atoms with Crippen molar-refractivity contribution in [1.82, 2.24) is 9.55 Å². The first kappa shape index (κ1) is 18.8. The van der Waals surface area contributed by atoms with Crippen LogP contribution in [0.5, 0.6) is 11.5 Å². The number of nitrogens with zero attached hydrogens (tertiary/aromatic N) is 2. The van der Waals surface area contributed by atoms with Crippen LogP contribution in [0.1, 0.15) is 6.92 Å². The van der Waals surface area contributed by atoms with E-state index < -0.39 is 0 Å². The molecule has 1 amide bonds. The molecule has 1 heterocycles. The predicted octanol–water partition coefficient (Wildman–Crippen LogP) is 4.01. The molecular formula is C20H21N3O3S. The lowest BCUT2D eigenvalue weighted by Gasteiger charge is -2.12. The lowest BCUT2D eigenvalue weighted by Crippen LogP contribution is -2.15. The minimum Gasteiger partial charge on any atom is -0.495 e. The number of hydrogen-bond acceptors (Lipinski definition) is 5. The van der Waals surface area contributed by atoms with Crippen molar-refractivity contribution in [3.63, 3.8) is 0 Å². The Kier molecular flexibility index (Phi) is 6.38. The van der Waals surface area contributed by atoms with Crippen LogP contribution in [-0.4, -0.2) is 34.9 Å². The van der Waals surface area contributed by atoms with Crippen LogP contribution in [0.25, 0.3) is 5.69 Å². The van der Waals surface area contributed by atoms with Gasteiger partial charge in [0, 0.05) is 12.4 Å². The van der Waals surface area contributed by atoms with Gasteiger partial charge in [-0.15, -0.1) is 0 Å². The molecule has 0 aliphatic rings. The largest absolute Gasteiger partial charge is 0.495 e. The fourth-order valence-corrected chi connectivity index (χ4v) is 3.34. The maximum Gasteiger partial charge on any atom is 0.234 e. The highest BCUT2D eigenvalue weighted by molar-refractivity contribution is 7.99. The molecule has 6 nitrogen and oxygen atoms in total.